The van der Waals surface area contributed by atoms with Gasteiger partial charge >= 0.3 is 0 Å². The maximum atomic E-state index is 12.4. The molecule has 2 amide bonds. The van der Waals surface area contributed by atoms with Gasteiger partial charge < -0.3 is 9.80 Å². The topological polar surface area (TPSA) is 40.6 Å². The van der Waals surface area contributed by atoms with Crippen molar-refractivity contribution in [2.75, 3.05) is 26.2 Å². The van der Waals surface area contributed by atoms with Crippen LogP contribution in [0.25, 0.3) is 0 Å². The highest BCUT2D eigenvalue weighted by molar-refractivity contribution is 5.83. The number of carbonyl (C=O) groups is 2. The number of hydrogen-bond acceptors (Lipinski definition) is 2. The average molecular weight is 280 g/mol. The summed E-state index contributed by atoms with van der Waals surface area (Å²) in [5.74, 6) is 0.707. The minimum Gasteiger partial charge on any atom is -0.342 e. The van der Waals surface area contributed by atoms with E-state index in [1.165, 1.54) is 0 Å². The zero-order valence-corrected chi connectivity index (χ0v) is 13.2. The summed E-state index contributed by atoms with van der Waals surface area (Å²) in [7, 11) is 0. The molecule has 0 saturated carbocycles. The van der Waals surface area contributed by atoms with Crippen molar-refractivity contribution >= 4 is 11.8 Å². The Morgan fingerprint density at radius 1 is 1.00 bits per heavy atom. The van der Waals surface area contributed by atoms with Gasteiger partial charge in [-0.05, 0) is 32.1 Å². The number of piperidine rings is 1. The van der Waals surface area contributed by atoms with Crippen LogP contribution in [0.3, 0.4) is 0 Å². The minimum atomic E-state index is -0.272. The van der Waals surface area contributed by atoms with Crippen LogP contribution in [0.4, 0.5) is 0 Å². The van der Waals surface area contributed by atoms with E-state index in [4.69, 9.17) is 0 Å². The summed E-state index contributed by atoms with van der Waals surface area (Å²) in [5.41, 5.74) is -0.272. The molecule has 2 aliphatic rings. The Morgan fingerprint density at radius 3 is 2.05 bits per heavy atom. The normalized spacial score (nSPS) is 21.4. The van der Waals surface area contributed by atoms with Crippen LogP contribution in [0.5, 0.6) is 0 Å². The second-order valence-corrected chi connectivity index (χ2v) is 6.84. The highest BCUT2D eigenvalue weighted by atomic mass is 16.2. The van der Waals surface area contributed by atoms with Gasteiger partial charge in [-0.2, -0.15) is 0 Å². The third-order valence-electron chi connectivity index (χ3n) is 5.01. The SMILES string of the molecule is CCC(C)(C)C(=O)N1CCC(C(=O)N2CCCC2)CC1. The Balaban J connectivity index is 1.86. The standard InChI is InChI=1S/C16H28N2O2/c1-4-16(2,3)15(20)18-11-7-13(8-12-18)14(19)17-9-5-6-10-17/h13H,4-12H2,1-3H3. The largest absolute Gasteiger partial charge is 0.342 e. The first-order valence-electron chi connectivity index (χ1n) is 8.04. The highest BCUT2D eigenvalue weighted by Crippen LogP contribution is 2.27. The number of carbonyl (C=O) groups excluding carboxylic acids is 2. The van der Waals surface area contributed by atoms with E-state index in [1.807, 2.05) is 23.6 Å². The Morgan fingerprint density at radius 2 is 1.55 bits per heavy atom. The van der Waals surface area contributed by atoms with Crippen molar-refractivity contribution in [1.82, 2.24) is 9.80 Å². The molecule has 0 unspecified atom stereocenters. The number of nitrogens with zero attached hydrogens (tertiary/aromatic N) is 2. The molecule has 2 saturated heterocycles. The van der Waals surface area contributed by atoms with Gasteiger partial charge in [-0.3, -0.25) is 9.59 Å². The van der Waals surface area contributed by atoms with Crippen molar-refractivity contribution in [2.45, 2.75) is 52.9 Å². The average Bonchev–Trinajstić information content (AvgIpc) is 3.00. The smallest absolute Gasteiger partial charge is 0.228 e. The van der Waals surface area contributed by atoms with Crippen molar-refractivity contribution in [3.8, 4) is 0 Å². The summed E-state index contributed by atoms with van der Waals surface area (Å²) in [6, 6.07) is 0. The van der Waals surface area contributed by atoms with Crippen LogP contribution in [0.1, 0.15) is 52.9 Å². The molecule has 4 heteroatoms. The predicted octanol–water partition coefficient (Wildman–Crippen LogP) is 2.28. The Labute approximate surface area is 122 Å². The summed E-state index contributed by atoms with van der Waals surface area (Å²) in [6.07, 6.45) is 4.82. The number of rotatable bonds is 3. The Hall–Kier alpha value is -1.06. The lowest BCUT2D eigenvalue weighted by Gasteiger charge is -2.37. The molecule has 2 rings (SSSR count). The van der Waals surface area contributed by atoms with Crippen molar-refractivity contribution in [1.29, 1.82) is 0 Å². The van der Waals surface area contributed by atoms with Crippen LogP contribution >= 0.6 is 0 Å². The zero-order valence-electron chi connectivity index (χ0n) is 13.2. The summed E-state index contributed by atoms with van der Waals surface area (Å²) >= 11 is 0. The van der Waals surface area contributed by atoms with Gasteiger partial charge in [0.25, 0.3) is 0 Å². The van der Waals surface area contributed by atoms with Crippen LogP contribution in [0.2, 0.25) is 0 Å². The summed E-state index contributed by atoms with van der Waals surface area (Å²) in [4.78, 5) is 28.7. The van der Waals surface area contributed by atoms with E-state index in [2.05, 4.69) is 6.92 Å². The van der Waals surface area contributed by atoms with Gasteiger partial charge in [-0.1, -0.05) is 20.8 Å². The molecule has 0 aromatic carbocycles. The van der Waals surface area contributed by atoms with Gasteiger partial charge in [0.2, 0.25) is 11.8 Å². The molecule has 2 fully saturated rings. The van der Waals surface area contributed by atoms with Crippen molar-refractivity contribution in [2.24, 2.45) is 11.3 Å². The van der Waals surface area contributed by atoms with E-state index in [-0.39, 0.29) is 17.2 Å². The third-order valence-corrected chi connectivity index (χ3v) is 5.01. The Bertz CT molecular complexity index is 365. The monoisotopic (exact) mass is 280 g/mol. The number of amides is 2. The predicted molar refractivity (Wildman–Crippen MR) is 79.2 cm³/mol. The first-order chi connectivity index (χ1) is 9.45. The van der Waals surface area contributed by atoms with Gasteiger partial charge in [0.15, 0.2) is 0 Å². The first-order valence-corrected chi connectivity index (χ1v) is 8.04. The van der Waals surface area contributed by atoms with Crippen LogP contribution in [-0.2, 0) is 9.59 Å². The third kappa shape index (κ3) is 3.15. The molecule has 2 aliphatic heterocycles. The van der Waals surface area contributed by atoms with Crippen molar-refractivity contribution < 1.29 is 9.59 Å². The molecule has 0 atom stereocenters. The summed E-state index contributed by atoms with van der Waals surface area (Å²) in [5, 5.41) is 0. The lowest BCUT2D eigenvalue weighted by Crippen LogP contribution is -2.47. The quantitative estimate of drug-likeness (QED) is 0.796. The molecule has 4 nitrogen and oxygen atoms in total. The summed E-state index contributed by atoms with van der Waals surface area (Å²) in [6.45, 7) is 9.43. The fraction of sp³-hybridized carbons (Fsp3) is 0.875. The molecule has 20 heavy (non-hydrogen) atoms. The highest BCUT2D eigenvalue weighted by Gasteiger charge is 2.35. The van der Waals surface area contributed by atoms with E-state index in [0.29, 0.717) is 5.91 Å². The van der Waals surface area contributed by atoms with E-state index >= 15 is 0 Å². The zero-order chi connectivity index (χ0) is 14.8. The van der Waals surface area contributed by atoms with Gasteiger partial charge in [0.05, 0.1) is 0 Å². The van der Waals surface area contributed by atoms with Crippen molar-refractivity contribution in [3.63, 3.8) is 0 Å². The lowest BCUT2D eigenvalue weighted by molar-refractivity contribution is -0.145. The molecule has 0 bridgehead atoms. The molecular weight excluding hydrogens is 252 g/mol. The van der Waals surface area contributed by atoms with Gasteiger partial charge in [0, 0.05) is 37.5 Å². The minimum absolute atomic E-state index is 0.141. The number of likely N-dealkylation sites (tertiary alicyclic amines) is 2. The Kier molecular flexibility index (Phi) is 4.71. The molecule has 0 aliphatic carbocycles. The van der Waals surface area contributed by atoms with Crippen LogP contribution in [0.15, 0.2) is 0 Å². The van der Waals surface area contributed by atoms with E-state index < -0.39 is 0 Å². The second kappa shape index (κ2) is 6.15. The first kappa shape index (κ1) is 15.3. The molecule has 0 aromatic rings. The molecule has 0 aromatic heterocycles. The van der Waals surface area contributed by atoms with Crippen LogP contribution in [-0.4, -0.2) is 47.8 Å². The molecule has 114 valence electrons. The number of hydrogen-bond donors (Lipinski definition) is 0. The van der Waals surface area contributed by atoms with Crippen LogP contribution in [0, 0.1) is 11.3 Å². The molecule has 0 spiro atoms. The van der Waals surface area contributed by atoms with Crippen LogP contribution < -0.4 is 0 Å². The van der Waals surface area contributed by atoms with E-state index in [1.54, 1.807) is 0 Å². The van der Waals surface area contributed by atoms with Crippen molar-refractivity contribution in [3.05, 3.63) is 0 Å². The molecule has 2 heterocycles. The maximum Gasteiger partial charge on any atom is 0.228 e. The molecule has 0 N–H and O–H groups in total. The maximum absolute atomic E-state index is 12.4. The lowest BCUT2D eigenvalue weighted by atomic mass is 9.86. The van der Waals surface area contributed by atoms with Gasteiger partial charge in [-0.15, -0.1) is 0 Å². The summed E-state index contributed by atoms with van der Waals surface area (Å²) < 4.78 is 0. The fourth-order valence-electron chi connectivity index (χ4n) is 3.10. The van der Waals surface area contributed by atoms with Gasteiger partial charge in [-0.25, -0.2) is 0 Å². The van der Waals surface area contributed by atoms with Gasteiger partial charge in [0.1, 0.15) is 0 Å². The molecule has 0 radical (unpaired) electrons. The second-order valence-electron chi connectivity index (χ2n) is 6.84. The molecular formula is C16H28N2O2. The van der Waals surface area contributed by atoms with E-state index in [9.17, 15) is 9.59 Å². The van der Waals surface area contributed by atoms with E-state index in [0.717, 1.165) is 58.3 Å². The fourth-order valence-corrected chi connectivity index (χ4v) is 3.10.